The Morgan fingerprint density at radius 2 is 1.92 bits per heavy atom. The molecule has 1 saturated heterocycles. The van der Waals surface area contributed by atoms with Crippen molar-refractivity contribution in [1.29, 1.82) is 0 Å². The lowest BCUT2D eigenvalue weighted by Crippen LogP contribution is -2.52. The van der Waals surface area contributed by atoms with Gasteiger partial charge in [0.15, 0.2) is 0 Å². The average molecular weight is 348 g/mol. The van der Waals surface area contributed by atoms with Gasteiger partial charge < -0.3 is 15.1 Å². The normalized spacial score (nSPS) is 19.3. The van der Waals surface area contributed by atoms with Gasteiger partial charge in [-0.05, 0) is 37.7 Å². The van der Waals surface area contributed by atoms with E-state index in [2.05, 4.69) is 5.32 Å². The summed E-state index contributed by atoms with van der Waals surface area (Å²) < 4.78 is 0. The molecule has 1 aromatic rings. The highest BCUT2D eigenvalue weighted by Crippen LogP contribution is 2.14. The first kappa shape index (κ1) is 18.9. The third-order valence-electron chi connectivity index (χ3n) is 4.37. The van der Waals surface area contributed by atoms with Crippen LogP contribution in [-0.4, -0.2) is 58.1 Å². The van der Waals surface area contributed by atoms with E-state index in [4.69, 9.17) is 5.11 Å². The van der Waals surface area contributed by atoms with Gasteiger partial charge >= 0.3 is 11.9 Å². The van der Waals surface area contributed by atoms with Crippen molar-refractivity contribution in [2.45, 2.75) is 44.2 Å². The first-order valence-electron chi connectivity index (χ1n) is 8.50. The Morgan fingerprint density at radius 3 is 2.56 bits per heavy atom. The van der Waals surface area contributed by atoms with Gasteiger partial charge in [-0.25, -0.2) is 0 Å². The van der Waals surface area contributed by atoms with Crippen LogP contribution in [-0.2, 0) is 20.8 Å². The predicted octanol–water partition coefficient (Wildman–Crippen LogP) is 1.13. The van der Waals surface area contributed by atoms with Crippen molar-refractivity contribution in [3.05, 3.63) is 35.9 Å². The quantitative estimate of drug-likeness (QED) is 0.650. The zero-order valence-electron chi connectivity index (χ0n) is 14.1. The number of benzene rings is 1. The molecule has 1 heterocycles. The van der Waals surface area contributed by atoms with Crippen molar-refractivity contribution >= 4 is 17.8 Å². The maximum absolute atomic E-state index is 12.5. The number of nitrogens with one attached hydrogen (secondary N) is 1. The van der Waals surface area contributed by atoms with Crippen LogP contribution in [0.3, 0.4) is 0 Å². The lowest BCUT2D eigenvalue weighted by molar-refractivity contribution is -0.146. The Bertz CT molecular complexity index is 605. The highest BCUT2D eigenvalue weighted by atomic mass is 16.4. The fourth-order valence-corrected chi connectivity index (χ4v) is 3.06. The van der Waals surface area contributed by atoms with Gasteiger partial charge in [0.1, 0.15) is 12.6 Å². The molecule has 0 spiro atoms. The van der Waals surface area contributed by atoms with Crippen molar-refractivity contribution in [2.75, 3.05) is 13.1 Å². The van der Waals surface area contributed by atoms with Crippen molar-refractivity contribution < 1.29 is 24.6 Å². The van der Waals surface area contributed by atoms with Crippen molar-refractivity contribution in [3.8, 4) is 0 Å². The van der Waals surface area contributed by atoms with Gasteiger partial charge in [0.05, 0.1) is 6.04 Å². The first-order chi connectivity index (χ1) is 12.0. The number of nitrogens with zero attached hydrogens (tertiary/aromatic N) is 1. The molecular formula is C18H24N2O5. The second-order valence-corrected chi connectivity index (χ2v) is 6.28. The molecule has 0 aliphatic carbocycles. The highest BCUT2D eigenvalue weighted by Gasteiger charge is 2.31. The number of carboxylic acids is 2. The van der Waals surface area contributed by atoms with Gasteiger partial charge in [0.25, 0.3) is 0 Å². The topological polar surface area (TPSA) is 107 Å². The van der Waals surface area contributed by atoms with Crippen molar-refractivity contribution in [2.24, 2.45) is 0 Å². The number of carbonyl (C=O) groups excluding carboxylic acids is 1. The molecule has 3 N–H and O–H groups in total. The minimum Gasteiger partial charge on any atom is -0.480 e. The Balaban J connectivity index is 2.00. The summed E-state index contributed by atoms with van der Waals surface area (Å²) >= 11 is 0. The zero-order chi connectivity index (χ0) is 18.2. The van der Waals surface area contributed by atoms with E-state index in [1.165, 1.54) is 4.90 Å². The van der Waals surface area contributed by atoms with Crippen LogP contribution in [0.4, 0.5) is 0 Å². The molecule has 1 aromatic carbocycles. The van der Waals surface area contributed by atoms with Crippen molar-refractivity contribution in [3.63, 3.8) is 0 Å². The molecular weight excluding hydrogens is 324 g/mol. The molecule has 25 heavy (non-hydrogen) atoms. The molecule has 2 rings (SSSR count). The average Bonchev–Trinajstić information content (AvgIpc) is 2.74. The monoisotopic (exact) mass is 348 g/mol. The predicted molar refractivity (Wildman–Crippen MR) is 91.2 cm³/mol. The van der Waals surface area contributed by atoms with Gasteiger partial charge in [0.2, 0.25) is 5.91 Å². The zero-order valence-corrected chi connectivity index (χ0v) is 14.1. The maximum Gasteiger partial charge on any atom is 0.323 e. The van der Waals surface area contributed by atoms with E-state index in [9.17, 15) is 19.5 Å². The van der Waals surface area contributed by atoms with Crippen LogP contribution in [0.25, 0.3) is 0 Å². The molecule has 0 bridgehead atoms. The summed E-state index contributed by atoms with van der Waals surface area (Å²) in [6.07, 6.45) is 2.94. The molecule has 7 nitrogen and oxygen atoms in total. The summed E-state index contributed by atoms with van der Waals surface area (Å²) in [5, 5.41) is 21.3. The van der Waals surface area contributed by atoms with E-state index in [0.29, 0.717) is 25.8 Å². The summed E-state index contributed by atoms with van der Waals surface area (Å²) in [5.41, 5.74) is 1.04. The van der Waals surface area contributed by atoms with Gasteiger partial charge in [-0.3, -0.25) is 19.7 Å². The fraction of sp³-hybridized carbons (Fsp3) is 0.500. The van der Waals surface area contributed by atoms with Gasteiger partial charge in [-0.2, -0.15) is 0 Å². The van der Waals surface area contributed by atoms with Crippen LogP contribution in [0.2, 0.25) is 0 Å². The SMILES string of the molecule is O=C(O)CN1CCCCC(N[C@@H](CCc2ccccc2)C(=O)O)C1=O. The van der Waals surface area contributed by atoms with Crippen LogP contribution < -0.4 is 5.32 Å². The van der Waals surface area contributed by atoms with Gasteiger partial charge in [0, 0.05) is 6.54 Å². The number of hydrogen-bond acceptors (Lipinski definition) is 4. The van der Waals surface area contributed by atoms with Gasteiger partial charge in [-0.1, -0.05) is 30.3 Å². The number of rotatable bonds is 8. The van der Waals surface area contributed by atoms with Crippen LogP contribution in [0.5, 0.6) is 0 Å². The maximum atomic E-state index is 12.5. The first-order valence-corrected chi connectivity index (χ1v) is 8.50. The van der Waals surface area contributed by atoms with E-state index in [0.717, 1.165) is 18.4 Å². The van der Waals surface area contributed by atoms with Gasteiger partial charge in [-0.15, -0.1) is 0 Å². The van der Waals surface area contributed by atoms with E-state index in [1.54, 1.807) is 0 Å². The molecule has 0 saturated carbocycles. The Labute approximate surface area is 146 Å². The largest absolute Gasteiger partial charge is 0.480 e. The van der Waals surface area contributed by atoms with E-state index in [1.807, 2.05) is 30.3 Å². The molecule has 2 atom stereocenters. The van der Waals surface area contributed by atoms with Crippen molar-refractivity contribution in [1.82, 2.24) is 10.2 Å². The lowest BCUT2D eigenvalue weighted by Gasteiger charge is -2.26. The molecule has 7 heteroatoms. The van der Waals surface area contributed by atoms with Crippen LogP contribution in [0, 0.1) is 0 Å². The smallest absolute Gasteiger partial charge is 0.323 e. The number of aryl methyl sites for hydroxylation is 1. The third kappa shape index (κ3) is 5.86. The van der Waals surface area contributed by atoms with E-state index in [-0.39, 0.29) is 12.5 Å². The number of likely N-dealkylation sites (tertiary alicyclic amines) is 1. The standard InChI is InChI=1S/C18H24N2O5/c21-16(22)12-20-11-5-4-8-14(17(20)23)19-15(18(24)25)10-9-13-6-2-1-3-7-13/h1-3,6-7,14-15,19H,4-5,8-12H2,(H,21,22)(H,24,25)/t14?,15-/m0/s1. The summed E-state index contributed by atoms with van der Waals surface area (Å²) in [6.45, 7) is 0.0455. The fourth-order valence-electron chi connectivity index (χ4n) is 3.06. The van der Waals surface area contributed by atoms with Crippen LogP contribution in [0.1, 0.15) is 31.2 Å². The highest BCUT2D eigenvalue weighted by molar-refractivity contribution is 5.86. The molecule has 1 unspecified atom stereocenters. The Hall–Kier alpha value is -2.41. The molecule has 136 valence electrons. The molecule has 1 fully saturated rings. The van der Waals surface area contributed by atoms with Crippen LogP contribution >= 0.6 is 0 Å². The lowest BCUT2D eigenvalue weighted by atomic mass is 10.0. The Morgan fingerprint density at radius 1 is 1.20 bits per heavy atom. The second-order valence-electron chi connectivity index (χ2n) is 6.28. The molecule has 1 aliphatic heterocycles. The van der Waals surface area contributed by atoms with E-state index >= 15 is 0 Å². The minimum atomic E-state index is -1.06. The van der Waals surface area contributed by atoms with E-state index < -0.39 is 24.0 Å². The molecule has 0 radical (unpaired) electrons. The Kier molecular flexibility index (Phi) is 6.94. The van der Waals surface area contributed by atoms with Crippen LogP contribution in [0.15, 0.2) is 30.3 Å². The summed E-state index contributed by atoms with van der Waals surface area (Å²) in [6, 6.07) is 8.07. The number of amides is 1. The molecule has 1 amide bonds. The second kappa shape index (κ2) is 9.17. The molecule has 0 aromatic heterocycles. The summed E-state index contributed by atoms with van der Waals surface area (Å²) in [4.78, 5) is 36.3. The number of carbonyl (C=O) groups is 3. The number of hydrogen-bond donors (Lipinski definition) is 3. The number of aliphatic carboxylic acids is 2. The number of carboxylic acid groups (broad SMARTS) is 2. The summed E-state index contributed by atoms with van der Waals surface area (Å²) in [5.74, 6) is -2.39. The summed E-state index contributed by atoms with van der Waals surface area (Å²) in [7, 11) is 0. The third-order valence-corrected chi connectivity index (χ3v) is 4.37. The minimum absolute atomic E-state index is 0.328. The molecule has 1 aliphatic rings.